The normalized spacial score (nSPS) is 13.6. The maximum absolute atomic E-state index is 13.0. The number of hydrogen-bond donors (Lipinski definition) is 1. The molecule has 1 aliphatic rings. The summed E-state index contributed by atoms with van der Waals surface area (Å²) in [5, 5.41) is 23.9. The Morgan fingerprint density at radius 2 is 1.79 bits per heavy atom. The second-order valence-electron chi connectivity index (χ2n) is 9.09. The molecule has 38 heavy (non-hydrogen) atoms. The summed E-state index contributed by atoms with van der Waals surface area (Å²) in [6.07, 6.45) is 3.31. The second kappa shape index (κ2) is 11.2. The lowest BCUT2D eigenvalue weighted by Gasteiger charge is -2.28. The van der Waals surface area contributed by atoms with Gasteiger partial charge in [0.1, 0.15) is 16.7 Å². The lowest BCUT2D eigenvalue weighted by atomic mass is 10.1. The van der Waals surface area contributed by atoms with Gasteiger partial charge in [0, 0.05) is 24.7 Å². The molecule has 1 amide bonds. The number of unbranched alkanes of at least 4 members (excludes halogenated alkanes) is 1. The van der Waals surface area contributed by atoms with E-state index in [0.717, 1.165) is 24.9 Å². The average molecular weight is 535 g/mol. The zero-order valence-corrected chi connectivity index (χ0v) is 21.6. The van der Waals surface area contributed by atoms with Crippen LogP contribution >= 0.6 is 11.6 Å². The first-order chi connectivity index (χ1) is 18.4. The van der Waals surface area contributed by atoms with Gasteiger partial charge in [-0.05, 0) is 54.8 Å². The summed E-state index contributed by atoms with van der Waals surface area (Å²) in [7, 11) is 0. The van der Waals surface area contributed by atoms with E-state index in [0.29, 0.717) is 48.7 Å². The number of fused-ring (bicyclic) bond motifs is 1. The molecule has 3 aromatic carbocycles. The molecule has 1 N–H and O–H groups in total. The summed E-state index contributed by atoms with van der Waals surface area (Å²) in [5.41, 5.74) is 4.02. The van der Waals surface area contributed by atoms with E-state index in [4.69, 9.17) is 16.3 Å². The highest BCUT2D eigenvalue weighted by Crippen LogP contribution is 2.31. The van der Waals surface area contributed by atoms with Crippen molar-refractivity contribution in [2.75, 3.05) is 36.5 Å². The molecule has 11 heteroatoms. The van der Waals surface area contributed by atoms with Gasteiger partial charge < -0.3 is 15.0 Å². The predicted molar refractivity (Wildman–Crippen MR) is 147 cm³/mol. The molecule has 1 aliphatic heterocycles. The van der Waals surface area contributed by atoms with Crippen LogP contribution in [0.2, 0.25) is 5.02 Å². The third kappa shape index (κ3) is 5.46. The van der Waals surface area contributed by atoms with Gasteiger partial charge >= 0.3 is 0 Å². The Bertz CT molecular complexity index is 1480. The molecule has 0 unspecified atom stereocenters. The zero-order valence-electron chi connectivity index (χ0n) is 20.9. The number of morpholine rings is 1. The predicted octanol–water partition coefficient (Wildman–Crippen LogP) is 5.41. The quantitative estimate of drug-likeness (QED) is 0.237. The van der Waals surface area contributed by atoms with E-state index in [9.17, 15) is 14.9 Å². The van der Waals surface area contributed by atoms with E-state index in [1.165, 1.54) is 16.4 Å². The minimum Gasteiger partial charge on any atom is -0.378 e. The minimum absolute atomic E-state index is 0.134. The van der Waals surface area contributed by atoms with Gasteiger partial charge in [0.2, 0.25) is 0 Å². The van der Waals surface area contributed by atoms with Gasteiger partial charge in [0.05, 0.1) is 34.5 Å². The zero-order chi connectivity index (χ0) is 26.6. The van der Waals surface area contributed by atoms with Crippen LogP contribution in [0.1, 0.15) is 35.7 Å². The largest absolute Gasteiger partial charge is 0.378 e. The second-order valence-corrected chi connectivity index (χ2v) is 9.50. The smallest absolute Gasteiger partial charge is 0.293 e. The first-order valence-corrected chi connectivity index (χ1v) is 12.9. The molecule has 2 heterocycles. The number of halogens is 1. The number of aryl methyl sites for hydroxylation is 1. The number of carbonyl (C=O) groups excluding carboxylic acids is 1. The summed E-state index contributed by atoms with van der Waals surface area (Å²) < 4.78 is 5.34. The summed E-state index contributed by atoms with van der Waals surface area (Å²) in [4.78, 5) is 27.7. The number of nitro benzene ring substituents is 1. The van der Waals surface area contributed by atoms with Gasteiger partial charge in [0.25, 0.3) is 11.6 Å². The van der Waals surface area contributed by atoms with Crippen LogP contribution in [0.25, 0.3) is 16.7 Å². The van der Waals surface area contributed by atoms with Crippen LogP contribution in [0.4, 0.5) is 17.1 Å². The lowest BCUT2D eigenvalue weighted by Crippen LogP contribution is -2.36. The number of nitrogens with zero attached hydrogens (tertiary/aromatic N) is 5. The van der Waals surface area contributed by atoms with Crippen LogP contribution < -0.4 is 10.2 Å². The van der Waals surface area contributed by atoms with Crippen LogP contribution in [0.15, 0.2) is 54.6 Å². The van der Waals surface area contributed by atoms with Crippen molar-refractivity contribution < 1.29 is 14.5 Å². The molecule has 4 aromatic rings. The average Bonchev–Trinajstić information content (AvgIpc) is 3.35. The Balaban J connectivity index is 1.37. The van der Waals surface area contributed by atoms with Crippen LogP contribution in [0.5, 0.6) is 0 Å². The molecule has 0 radical (unpaired) electrons. The number of benzene rings is 3. The molecular formula is C27H27ClN6O4. The van der Waals surface area contributed by atoms with E-state index in [1.807, 2.05) is 17.0 Å². The molecule has 0 spiro atoms. The molecule has 5 rings (SSSR count). The topological polar surface area (TPSA) is 115 Å². The Hall–Kier alpha value is -4.02. The highest BCUT2D eigenvalue weighted by Gasteiger charge is 2.24. The maximum atomic E-state index is 13.0. The number of aromatic nitrogens is 3. The Morgan fingerprint density at radius 3 is 2.47 bits per heavy atom. The first-order valence-electron chi connectivity index (χ1n) is 12.5. The fraction of sp³-hybridized carbons (Fsp3) is 0.296. The molecule has 1 fully saturated rings. The summed E-state index contributed by atoms with van der Waals surface area (Å²) >= 11 is 6.45. The summed E-state index contributed by atoms with van der Waals surface area (Å²) in [6, 6.07) is 15.8. The van der Waals surface area contributed by atoms with Gasteiger partial charge in [-0.25, -0.2) is 0 Å². The van der Waals surface area contributed by atoms with Crippen molar-refractivity contribution in [3.05, 3.63) is 80.9 Å². The summed E-state index contributed by atoms with van der Waals surface area (Å²) in [6.45, 7) is 4.25. The fourth-order valence-electron chi connectivity index (χ4n) is 4.40. The minimum atomic E-state index is -0.516. The highest BCUT2D eigenvalue weighted by molar-refractivity contribution is 6.34. The summed E-state index contributed by atoms with van der Waals surface area (Å²) in [5.74, 6) is -0.516. The Morgan fingerprint density at radius 1 is 1.08 bits per heavy atom. The monoisotopic (exact) mass is 534 g/mol. The number of ether oxygens (including phenoxy) is 1. The standard InChI is InChI=1S/C27H27ClN6O4/c1-2-3-4-18-5-8-20(9-6-18)33-30-23-16-21(28)22(17-24(23)31-33)29-27(35)19-7-10-25(26(15-19)34(36)37)32-11-13-38-14-12-32/h5-10,15-17H,2-4,11-14H2,1H3,(H,29,35). The SMILES string of the molecule is CCCCc1ccc(-n2nc3cc(Cl)c(NC(=O)c4ccc(N5CCOCC5)c([N+](=O)[O-])c4)cc3n2)cc1. The van der Waals surface area contributed by atoms with Crippen LogP contribution in [0, 0.1) is 10.1 Å². The molecule has 196 valence electrons. The molecular weight excluding hydrogens is 508 g/mol. The van der Waals surface area contributed by atoms with Crippen LogP contribution in [-0.4, -0.2) is 52.1 Å². The van der Waals surface area contributed by atoms with Crippen molar-refractivity contribution in [2.24, 2.45) is 0 Å². The van der Waals surface area contributed by atoms with Crippen molar-refractivity contribution in [3.63, 3.8) is 0 Å². The highest BCUT2D eigenvalue weighted by atomic mass is 35.5. The van der Waals surface area contributed by atoms with Crippen molar-refractivity contribution in [3.8, 4) is 5.69 Å². The van der Waals surface area contributed by atoms with E-state index >= 15 is 0 Å². The molecule has 1 aromatic heterocycles. The van der Waals surface area contributed by atoms with Crippen molar-refractivity contribution in [1.82, 2.24) is 15.0 Å². The van der Waals surface area contributed by atoms with E-state index in [-0.39, 0.29) is 16.3 Å². The Labute approximate surface area is 224 Å². The van der Waals surface area contributed by atoms with Crippen molar-refractivity contribution in [2.45, 2.75) is 26.2 Å². The van der Waals surface area contributed by atoms with Crippen LogP contribution in [0.3, 0.4) is 0 Å². The van der Waals surface area contributed by atoms with Gasteiger partial charge in [-0.1, -0.05) is 37.1 Å². The van der Waals surface area contributed by atoms with E-state index in [2.05, 4.69) is 34.6 Å². The van der Waals surface area contributed by atoms with Gasteiger partial charge in [0.15, 0.2) is 0 Å². The molecule has 10 nitrogen and oxygen atoms in total. The van der Waals surface area contributed by atoms with Crippen molar-refractivity contribution >= 4 is 45.6 Å². The van der Waals surface area contributed by atoms with Gasteiger partial charge in [-0.3, -0.25) is 14.9 Å². The van der Waals surface area contributed by atoms with E-state index < -0.39 is 10.8 Å². The maximum Gasteiger partial charge on any atom is 0.293 e. The number of hydrogen-bond acceptors (Lipinski definition) is 7. The number of anilines is 2. The molecule has 0 saturated carbocycles. The first kappa shape index (κ1) is 25.6. The third-order valence-electron chi connectivity index (χ3n) is 6.49. The Kier molecular flexibility index (Phi) is 7.52. The number of nitrogens with one attached hydrogen (secondary N) is 1. The number of rotatable bonds is 8. The molecule has 0 aliphatic carbocycles. The van der Waals surface area contributed by atoms with Gasteiger partial charge in [-0.15, -0.1) is 10.2 Å². The third-order valence-corrected chi connectivity index (χ3v) is 6.80. The van der Waals surface area contributed by atoms with Gasteiger partial charge in [-0.2, -0.15) is 4.80 Å². The molecule has 0 bridgehead atoms. The lowest BCUT2D eigenvalue weighted by molar-refractivity contribution is -0.384. The van der Waals surface area contributed by atoms with Crippen LogP contribution in [-0.2, 0) is 11.2 Å². The molecule has 0 atom stereocenters. The van der Waals surface area contributed by atoms with E-state index in [1.54, 1.807) is 24.3 Å². The molecule has 1 saturated heterocycles. The van der Waals surface area contributed by atoms with Crippen molar-refractivity contribution in [1.29, 1.82) is 0 Å². The number of carbonyl (C=O) groups is 1. The fourth-order valence-corrected chi connectivity index (χ4v) is 4.61. The number of nitro groups is 1. The number of amides is 1.